The number of aromatic nitrogens is 1. The smallest absolute Gasteiger partial charge is 0.307 e. The van der Waals surface area contributed by atoms with Crippen LogP contribution in [0, 0.1) is 5.92 Å². The number of benzene rings is 1. The number of piperidine rings is 1. The Labute approximate surface area is 151 Å². The first-order valence-electron chi connectivity index (χ1n) is 8.22. The van der Waals surface area contributed by atoms with Crippen molar-refractivity contribution in [1.29, 1.82) is 0 Å². The fraction of sp³-hybridized carbons (Fsp3) is 0.444. The summed E-state index contributed by atoms with van der Waals surface area (Å²) in [5, 5.41) is 12.1. The normalized spacial score (nSPS) is 18.1. The number of aliphatic carboxylic acids is 1. The summed E-state index contributed by atoms with van der Waals surface area (Å²) in [5.41, 5.74) is 1.89. The Hall–Kier alpha value is -2.12. The molecule has 0 spiro atoms. The summed E-state index contributed by atoms with van der Waals surface area (Å²) in [6.07, 6.45) is 1.68. The molecule has 1 fully saturated rings. The second kappa shape index (κ2) is 7.84. The molecule has 2 aromatic rings. The summed E-state index contributed by atoms with van der Waals surface area (Å²) in [6.45, 7) is 2.19. The molecule has 1 N–H and O–H groups in total. The highest BCUT2D eigenvalue weighted by molar-refractivity contribution is 7.13. The molecule has 1 aliphatic rings. The minimum atomic E-state index is -0.702. The molecule has 2 heterocycles. The topological polar surface area (TPSA) is 71.9 Å². The highest BCUT2D eigenvalue weighted by atomic mass is 32.1. The van der Waals surface area contributed by atoms with E-state index in [0.29, 0.717) is 13.1 Å². The number of carbonyl (C=O) groups is 1. The number of carboxylic acid groups (broad SMARTS) is 1. The van der Waals surface area contributed by atoms with E-state index in [-0.39, 0.29) is 5.92 Å². The van der Waals surface area contributed by atoms with E-state index in [0.717, 1.165) is 47.2 Å². The van der Waals surface area contributed by atoms with Crippen LogP contribution < -0.4 is 9.47 Å². The Kier molecular flexibility index (Phi) is 5.55. The van der Waals surface area contributed by atoms with Crippen molar-refractivity contribution in [1.82, 2.24) is 9.88 Å². The van der Waals surface area contributed by atoms with Gasteiger partial charge in [0, 0.05) is 24.5 Å². The van der Waals surface area contributed by atoms with Crippen LogP contribution in [0.15, 0.2) is 23.6 Å². The van der Waals surface area contributed by atoms with Gasteiger partial charge in [-0.25, -0.2) is 4.98 Å². The van der Waals surface area contributed by atoms with Gasteiger partial charge in [0.2, 0.25) is 0 Å². The van der Waals surface area contributed by atoms with Crippen LogP contribution in [0.5, 0.6) is 11.5 Å². The van der Waals surface area contributed by atoms with Crippen LogP contribution >= 0.6 is 11.3 Å². The third-order valence-electron chi connectivity index (χ3n) is 4.43. The Morgan fingerprint density at radius 1 is 1.40 bits per heavy atom. The molecule has 1 saturated heterocycles. The van der Waals surface area contributed by atoms with Crippen LogP contribution in [0.2, 0.25) is 0 Å². The Bertz CT molecular complexity index is 746. The molecule has 0 saturated carbocycles. The molecule has 1 aromatic carbocycles. The summed E-state index contributed by atoms with van der Waals surface area (Å²) in [7, 11) is 3.26. The van der Waals surface area contributed by atoms with Gasteiger partial charge in [-0.1, -0.05) is 0 Å². The summed E-state index contributed by atoms with van der Waals surface area (Å²) >= 11 is 1.57. The lowest BCUT2D eigenvalue weighted by Crippen LogP contribution is -2.38. The number of likely N-dealkylation sites (tertiary alicyclic amines) is 1. The van der Waals surface area contributed by atoms with Crippen LogP contribution in [0.1, 0.15) is 18.5 Å². The predicted octanol–water partition coefficient (Wildman–Crippen LogP) is 3.12. The fourth-order valence-corrected chi connectivity index (χ4v) is 3.95. The minimum absolute atomic E-state index is 0.270. The van der Waals surface area contributed by atoms with E-state index in [9.17, 15) is 9.90 Å². The first kappa shape index (κ1) is 17.7. The van der Waals surface area contributed by atoms with Crippen molar-refractivity contribution in [2.24, 2.45) is 5.92 Å². The summed E-state index contributed by atoms with van der Waals surface area (Å²) in [6, 6.07) is 5.68. The van der Waals surface area contributed by atoms with Gasteiger partial charge >= 0.3 is 5.97 Å². The molecule has 6 nitrogen and oxygen atoms in total. The second-order valence-electron chi connectivity index (χ2n) is 6.12. The van der Waals surface area contributed by atoms with Crippen molar-refractivity contribution >= 4 is 17.3 Å². The third-order valence-corrected chi connectivity index (χ3v) is 5.36. The Morgan fingerprint density at radius 3 is 2.96 bits per heavy atom. The molecule has 0 amide bonds. The molecule has 1 unspecified atom stereocenters. The molecule has 0 bridgehead atoms. The van der Waals surface area contributed by atoms with Crippen LogP contribution in [-0.2, 0) is 11.3 Å². The maximum absolute atomic E-state index is 11.2. The van der Waals surface area contributed by atoms with Gasteiger partial charge in [-0.3, -0.25) is 9.69 Å². The van der Waals surface area contributed by atoms with Crippen molar-refractivity contribution in [2.75, 3.05) is 27.3 Å². The third kappa shape index (κ3) is 4.11. The van der Waals surface area contributed by atoms with Gasteiger partial charge in [0.05, 0.1) is 31.4 Å². The molecule has 3 rings (SSSR count). The number of thiazole rings is 1. The van der Waals surface area contributed by atoms with Crippen molar-refractivity contribution in [2.45, 2.75) is 19.4 Å². The number of hydrogen-bond acceptors (Lipinski definition) is 6. The van der Waals surface area contributed by atoms with Gasteiger partial charge in [0.15, 0.2) is 0 Å². The first-order chi connectivity index (χ1) is 12.1. The maximum Gasteiger partial charge on any atom is 0.307 e. The van der Waals surface area contributed by atoms with Crippen molar-refractivity contribution < 1.29 is 19.4 Å². The molecular weight excluding hydrogens is 340 g/mol. The van der Waals surface area contributed by atoms with Crippen LogP contribution in [-0.4, -0.2) is 48.3 Å². The van der Waals surface area contributed by atoms with E-state index >= 15 is 0 Å². The van der Waals surface area contributed by atoms with E-state index in [1.54, 1.807) is 25.6 Å². The lowest BCUT2D eigenvalue weighted by molar-refractivity contribution is -0.143. The van der Waals surface area contributed by atoms with Gasteiger partial charge in [-0.2, -0.15) is 0 Å². The minimum Gasteiger partial charge on any atom is -0.497 e. The molecule has 1 aliphatic heterocycles. The lowest BCUT2D eigenvalue weighted by atomic mass is 9.98. The Morgan fingerprint density at radius 2 is 2.24 bits per heavy atom. The van der Waals surface area contributed by atoms with Gasteiger partial charge in [-0.15, -0.1) is 11.3 Å². The van der Waals surface area contributed by atoms with Gasteiger partial charge in [0.1, 0.15) is 16.5 Å². The molecule has 1 atom stereocenters. The van der Waals surface area contributed by atoms with Crippen LogP contribution in [0.25, 0.3) is 10.6 Å². The van der Waals surface area contributed by atoms with Gasteiger partial charge in [0.25, 0.3) is 0 Å². The molecule has 0 aliphatic carbocycles. The van der Waals surface area contributed by atoms with E-state index in [1.807, 2.05) is 23.6 Å². The Balaban J connectivity index is 1.73. The number of carboxylic acids is 1. The molecule has 0 radical (unpaired) electrons. The monoisotopic (exact) mass is 362 g/mol. The van der Waals surface area contributed by atoms with E-state index < -0.39 is 5.97 Å². The average Bonchev–Trinajstić information content (AvgIpc) is 3.09. The summed E-state index contributed by atoms with van der Waals surface area (Å²) in [5.74, 6) is 0.495. The highest BCUT2D eigenvalue weighted by Gasteiger charge is 2.25. The molecule has 25 heavy (non-hydrogen) atoms. The fourth-order valence-electron chi connectivity index (χ4n) is 3.11. The number of hydrogen-bond donors (Lipinski definition) is 1. The first-order valence-corrected chi connectivity index (χ1v) is 9.10. The number of nitrogens with zero attached hydrogens (tertiary/aromatic N) is 2. The molecule has 7 heteroatoms. The average molecular weight is 362 g/mol. The quantitative estimate of drug-likeness (QED) is 0.851. The molecule has 1 aromatic heterocycles. The molecule has 134 valence electrons. The van der Waals surface area contributed by atoms with E-state index in [1.165, 1.54) is 0 Å². The zero-order valence-electron chi connectivity index (χ0n) is 14.4. The number of ether oxygens (including phenoxy) is 2. The van der Waals surface area contributed by atoms with Crippen LogP contribution in [0.3, 0.4) is 0 Å². The largest absolute Gasteiger partial charge is 0.497 e. The van der Waals surface area contributed by atoms with Crippen molar-refractivity contribution in [3.05, 3.63) is 29.3 Å². The van der Waals surface area contributed by atoms with E-state index in [2.05, 4.69) is 4.90 Å². The maximum atomic E-state index is 11.2. The van der Waals surface area contributed by atoms with Gasteiger partial charge in [-0.05, 0) is 31.5 Å². The zero-order chi connectivity index (χ0) is 17.8. The zero-order valence-corrected chi connectivity index (χ0v) is 15.2. The van der Waals surface area contributed by atoms with Crippen LogP contribution in [0.4, 0.5) is 0 Å². The lowest BCUT2D eigenvalue weighted by Gasteiger charge is -2.29. The number of rotatable bonds is 6. The summed E-state index contributed by atoms with van der Waals surface area (Å²) < 4.78 is 10.7. The summed E-state index contributed by atoms with van der Waals surface area (Å²) in [4.78, 5) is 18.1. The second-order valence-corrected chi connectivity index (χ2v) is 6.98. The SMILES string of the molecule is COc1ccc(-c2nc(CN3CCCC(C(=O)O)C3)cs2)c(OC)c1. The number of methoxy groups -OCH3 is 2. The highest BCUT2D eigenvalue weighted by Crippen LogP contribution is 2.35. The van der Waals surface area contributed by atoms with E-state index in [4.69, 9.17) is 14.5 Å². The standard InChI is InChI=1S/C18H22N2O4S/c1-23-14-5-6-15(16(8-14)24-2)17-19-13(11-25-17)10-20-7-3-4-12(9-20)18(21)22/h5-6,8,11-12H,3-4,7,9-10H2,1-2H3,(H,21,22). The van der Waals surface area contributed by atoms with Gasteiger partial charge < -0.3 is 14.6 Å². The molecular formula is C18H22N2O4S. The van der Waals surface area contributed by atoms with Crippen molar-refractivity contribution in [3.63, 3.8) is 0 Å². The van der Waals surface area contributed by atoms with Crippen molar-refractivity contribution in [3.8, 4) is 22.1 Å². The predicted molar refractivity (Wildman–Crippen MR) is 96.3 cm³/mol.